The second-order valence-electron chi connectivity index (χ2n) is 3.85. The minimum absolute atomic E-state index is 0.308. The van der Waals surface area contributed by atoms with Crippen molar-refractivity contribution in [3.05, 3.63) is 59.4 Å². The minimum atomic E-state index is -0.308. The maximum Gasteiger partial charge on any atom is 0.130 e. The predicted molar refractivity (Wildman–Crippen MR) is 65.5 cm³/mol. The van der Waals surface area contributed by atoms with E-state index in [2.05, 4.69) is 0 Å². The molecule has 0 amide bonds. The zero-order valence-electron chi connectivity index (χ0n) is 9.61. The lowest BCUT2D eigenvalue weighted by molar-refractivity contribution is 0.476. The molecule has 17 heavy (non-hydrogen) atoms. The monoisotopic (exact) mass is 231 g/mol. The van der Waals surface area contributed by atoms with E-state index in [9.17, 15) is 4.39 Å². The van der Waals surface area contributed by atoms with Crippen LogP contribution in [0.4, 0.5) is 4.39 Å². The van der Waals surface area contributed by atoms with Crippen LogP contribution in [0, 0.1) is 12.7 Å². The third-order valence-corrected chi connectivity index (χ3v) is 2.57. The van der Waals surface area contributed by atoms with Gasteiger partial charge in [-0.05, 0) is 42.3 Å². The number of nitrogens with two attached hydrogens (primary N) is 1. The van der Waals surface area contributed by atoms with Crippen molar-refractivity contribution in [1.82, 2.24) is 0 Å². The molecule has 0 atom stereocenters. The van der Waals surface area contributed by atoms with Crippen molar-refractivity contribution < 1.29 is 9.13 Å². The zero-order chi connectivity index (χ0) is 12.3. The number of benzene rings is 2. The summed E-state index contributed by atoms with van der Waals surface area (Å²) in [6.45, 7) is 2.48. The van der Waals surface area contributed by atoms with Gasteiger partial charge in [0.15, 0.2) is 0 Å². The van der Waals surface area contributed by atoms with Crippen molar-refractivity contribution in [2.45, 2.75) is 13.5 Å². The standard InChI is InChI=1S/C14H14FNO/c1-10-7-14(6-5-11(10)9-16)17-13-4-2-3-12(15)8-13/h2-8H,9,16H2,1H3. The van der Waals surface area contributed by atoms with Crippen molar-refractivity contribution in [1.29, 1.82) is 0 Å². The van der Waals surface area contributed by atoms with Crippen LogP contribution in [0.15, 0.2) is 42.5 Å². The highest BCUT2D eigenvalue weighted by Crippen LogP contribution is 2.24. The first-order valence-electron chi connectivity index (χ1n) is 5.42. The Morgan fingerprint density at radius 2 is 1.88 bits per heavy atom. The molecule has 0 aliphatic heterocycles. The van der Waals surface area contributed by atoms with E-state index in [0.717, 1.165) is 11.1 Å². The first kappa shape index (κ1) is 11.6. The molecule has 0 aliphatic rings. The van der Waals surface area contributed by atoms with Gasteiger partial charge in [-0.2, -0.15) is 0 Å². The Balaban J connectivity index is 2.22. The van der Waals surface area contributed by atoms with Crippen molar-refractivity contribution in [3.8, 4) is 11.5 Å². The molecule has 0 bridgehead atoms. The Hall–Kier alpha value is -1.87. The predicted octanol–water partition coefficient (Wildman–Crippen LogP) is 3.39. The summed E-state index contributed by atoms with van der Waals surface area (Å²) < 4.78 is 18.5. The summed E-state index contributed by atoms with van der Waals surface area (Å²) in [6, 6.07) is 11.7. The number of rotatable bonds is 3. The number of aryl methyl sites for hydroxylation is 1. The Labute approximate surface area is 99.8 Å². The fourth-order valence-corrected chi connectivity index (χ4v) is 1.63. The van der Waals surface area contributed by atoms with Crippen molar-refractivity contribution in [3.63, 3.8) is 0 Å². The van der Waals surface area contributed by atoms with Crippen LogP contribution in [-0.4, -0.2) is 0 Å². The summed E-state index contributed by atoms with van der Waals surface area (Å²) in [5.74, 6) is 0.869. The molecule has 0 radical (unpaired) electrons. The third kappa shape index (κ3) is 2.82. The number of hydrogen-bond donors (Lipinski definition) is 1. The maximum atomic E-state index is 13.0. The van der Waals surface area contributed by atoms with Gasteiger partial charge in [-0.25, -0.2) is 4.39 Å². The van der Waals surface area contributed by atoms with Crippen molar-refractivity contribution >= 4 is 0 Å². The third-order valence-electron chi connectivity index (χ3n) is 2.57. The summed E-state index contributed by atoms with van der Waals surface area (Å²) in [4.78, 5) is 0. The highest BCUT2D eigenvalue weighted by molar-refractivity contribution is 5.37. The van der Waals surface area contributed by atoms with Crippen LogP contribution in [0.5, 0.6) is 11.5 Å². The van der Waals surface area contributed by atoms with Gasteiger partial charge in [0, 0.05) is 12.6 Å². The van der Waals surface area contributed by atoms with E-state index in [0.29, 0.717) is 18.0 Å². The minimum Gasteiger partial charge on any atom is -0.457 e. The molecule has 2 N–H and O–H groups in total. The summed E-state index contributed by atoms with van der Waals surface area (Å²) in [5.41, 5.74) is 7.73. The Morgan fingerprint density at radius 1 is 1.12 bits per heavy atom. The number of ether oxygens (including phenoxy) is 1. The molecule has 0 spiro atoms. The number of halogens is 1. The van der Waals surface area contributed by atoms with E-state index in [-0.39, 0.29) is 5.82 Å². The van der Waals surface area contributed by atoms with Gasteiger partial charge in [0.1, 0.15) is 17.3 Å². The first-order valence-corrected chi connectivity index (χ1v) is 5.42. The van der Waals surface area contributed by atoms with Crippen LogP contribution < -0.4 is 10.5 Å². The SMILES string of the molecule is Cc1cc(Oc2cccc(F)c2)ccc1CN. The van der Waals surface area contributed by atoms with Gasteiger partial charge in [0.05, 0.1) is 0 Å². The lowest BCUT2D eigenvalue weighted by Gasteiger charge is -2.08. The van der Waals surface area contributed by atoms with Gasteiger partial charge in [0.2, 0.25) is 0 Å². The zero-order valence-corrected chi connectivity index (χ0v) is 9.61. The molecule has 3 heteroatoms. The van der Waals surface area contributed by atoms with Crippen LogP contribution in [0.25, 0.3) is 0 Å². The largest absolute Gasteiger partial charge is 0.457 e. The molecule has 0 aromatic heterocycles. The second-order valence-corrected chi connectivity index (χ2v) is 3.85. The van der Waals surface area contributed by atoms with Gasteiger partial charge >= 0.3 is 0 Å². The van der Waals surface area contributed by atoms with Gasteiger partial charge in [-0.15, -0.1) is 0 Å². The van der Waals surface area contributed by atoms with E-state index >= 15 is 0 Å². The van der Waals surface area contributed by atoms with Gasteiger partial charge in [-0.3, -0.25) is 0 Å². The molecule has 0 saturated carbocycles. The molecule has 2 rings (SSSR count). The molecule has 2 aromatic rings. The summed E-state index contributed by atoms with van der Waals surface area (Å²) in [5, 5.41) is 0. The van der Waals surface area contributed by atoms with Crippen LogP contribution in [0.1, 0.15) is 11.1 Å². The Bertz CT molecular complexity index is 525. The number of hydrogen-bond acceptors (Lipinski definition) is 2. The van der Waals surface area contributed by atoms with E-state index in [1.165, 1.54) is 12.1 Å². The Morgan fingerprint density at radius 3 is 2.53 bits per heavy atom. The molecular formula is C14H14FNO. The maximum absolute atomic E-state index is 13.0. The quantitative estimate of drug-likeness (QED) is 0.878. The van der Waals surface area contributed by atoms with Crippen LogP contribution >= 0.6 is 0 Å². The molecule has 0 aliphatic carbocycles. The highest BCUT2D eigenvalue weighted by atomic mass is 19.1. The summed E-state index contributed by atoms with van der Waals surface area (Å²) in [7, 11) is 0. The average molecular weight is 231 g/mol. The van der Waals surface area contributed by atoms with Crippen LogP contribution in [0.3, 0.4) is 0 Å². The molecule has 2 aromatic carbocycles. The van der Waals surface area contributed by atoms with Crippen LogP contribution in [0.2, 0.25) is 0 Å². The molecule has 88 valence electrons. The molecule has 0 unspecified atom stereocenters. The van der Waals surface area contributed by atoms with E-state index < -0.39 is 0 Å². The van der Waals surface area contributed by atoms with Crippen molar-refractivity contribution in [2.24, 2.45) is 5.73 Å². The Kier molecular flexibility index (Phi) is 3.40. The van der Waals surface area contributed by atoms with Gasteiger partial charge in [-0.1, -0.05) is 12.1 Å². The molecule has 0 heterocycles. The van der Waals surface area contributed by atoms with Gasteiger partial charge < -0.3 is 10.5 Å². The smallest absolute Gasteiger partial charge is 0.130 e. The molecule has 0 fully saturated rings. The van der Waals surface area contributed by atoms with E-state index in [1.807, 2.05) is 25.1 Å². The van der Waals surface area contributed by atoms with Crippen LogP contribution in [-0.2, 0) is 6.54 Å². The molecule has 2 nitrogen and oxygen atoms in total. The topological polar surface area (TPSA) is 35.2 Å². The second kappa shape index (κ2) is 4.97. The average Bonchev–Trinajstić information content (AvgIpc) is 2.29. The van der Waals surface area contributed by atoms with E-state index in [4.69, 9.17) is 10.5 Å². The molecule has 0 saturated heterocycles. The summed E-state index contributed by atoms with van der Waals surface area (Å²) in [6.07, 6.45) is 0. The summed E-state index contributed by atoms with van der Waals surface area (Å²) >= 11 is 0. The van der Waals surface area contributed by atoms with Crippen molar-refractivity contribution in [2.75, 3.05) is 0 Å². The first-order chi connectivity index (χ1) is 8.19. The van der Waals surface area contributed by atoms with E-state index in [1.54, 1.807) is 12.1 Å². The normalized spacial score (nSPS) is 10.3. The molecular weight excluding hydrogens is 217 g/mol. The lowest BCUT2D eigenvalue weighted by Crippen LogP contribution is -1.98. The lowest BCUT2D eigenvalue weighted by atomic mass is 10.1. The van der Waals surface area contributed by atoms with Gasteiger partial charge in [0.25, 0.3) is 0 Å². The highest BCUT2D eigenvalue weighted by Gasteiger charge is 2.01. The fraction of sp³-hybridized carbons (Fsp3) is 0.143. The fourth-order valence-electron chi connectivity index (χ4n) is 1.63.